The van der Waals surface area contributed by atoms with Crippen LogP contribution in [0.4, 0.5) is 5.82 Å². The van der Waals surface area contributed by atoms with Gasteiger partial charge >= 0.3 is 0 Å². The molecule has 0 aliphatic heterocycles. The van der Waals surface area contributed by atoms with Gasteiger partial charge in [0.1, 0.15) is 5.82 Å². The van der Waals surface area contributed by atoms with Gasteiger partial charge in [0.15, 0.2) is 5.65 Å². The van der Waals surface area contributed by atoms with Crippen molar-refractivity contribution in [2.75, 3.05) is 5.32 Å². The zero-order chi connectivity index (χ0) is 17.0. The van der Waals surface area contributed by atoms with E-state index in [9.17, 15) is 5.11 Å². The summed E-state index contributed by atoms with van der Waals surface area (Å²) in [6.07, 6.45) is 0.209. The fourth-order valence-electron chi connectivity index (χ4n) is 3.78. The van der Waals surface area contributed by atoms with Gasteiger partial charge < -0.3 is 10.4 Å². The maximum absolute atomic E-state index is 10.6. The van der Waals surface area contributed by atoms with E-state index in [-0.39, 0.29) is 6.04 Å². The van der Waals surface area contributed by atoms with Gasteiger partial charge in [-0.2, -0.15) is 5.10 Å². The summed E-state index contributed by atoms with van der Waals surface area (Å²) in [5.74, 6) is 0.781. The second-order valence-corrected chi connectivity index (χ2v) is 6.63. The number of nitrogens with zero attached hydrogens (tertiary/aromatic N) is 3. The van der Waals surface area contributed by atoms with Gasteiger partial charge in [-0.3, -0.25) is 0 Å². The first-order chi connectivity index (χ1) is 12.2. The lowest BCUT2D eigenvalue weighted by Gasteiger charge is -2.20. The van der Waals surface area contributed by atoms with E-state index >= 15 is 0 Å². The number of rotatable bonds is 2. The molecule has 124 valence electrons. The lowest BCUT2D eigenvalue weighted by atomic mass is 10.1. The highest BCUT2D eigenvalue weighted by atomic mass is 16.3. The molecule has 2 heterocycles. The van der Waals surface area contributed by atoms with E-state index in [2.05, 4.69) is 22.5 Å². The Hall–Kier alpha value is -2.92. The Balaban J connectivity index is 1.67. The molecule has 2 aromatic carbocycles. The van der Waals surface area contributed by atoms with Gasteiger partial charge in [0.25, 0.3) is 0 Å². The van der Waals surface area contributed by atoms with Crippen LogP contribution in [0.25, 0.3) is 16.6 Å². The average molecular weight is 330 g/mol. The summed E-state index contributed by atoms with van der Waals surface area (Å²) in [5.41, 5.74) is 5.08. The lowest BCUT2D eigenvalue weighted by molar-refractivity contribution is 0.165. The van der Waals surface area contributed by atoms with E-state index in [1.54, 1.807) is 0 Å². The molecule has 0 bridgehead atoms. The molecule has 25 heavy (non-hydrogen) atoms. The first-order valence-corrected chi connectivity index (χ1v) is 8.48. The van der Waals surface area contributed by atoms with Crippen LogP contribution in [-0.4, -0.2) is 25.8 Å². The van der Waals surface area contributed by atoms with Gasteiger partial charge in [-0.1, -0.05) is 36.4 Å². The molecule has 0 saturated heterocycles. The smallest absolute Gasteiger partial charge is 0.158 e. The molecule has 4 aromatic rings. The molecule has 0 saturated carbocycles. The van der Waals surface area contributed by atoms with Crippen molar-refractivity contribution in [2.45, 2.75) is 25.5 Å². The minimum Gasteiger partial charge on any atom is -0.390 e. The SMILES string of the molecule is Cc1cc2nc(N[C@@H]3c4ccccc4C[C@@H]3O)c3ccccc3n2n1. The van der Waals surface area contributed by atoms with Crippen molar-refractivity contribution in [2.24, 2.45) is 0 Å². The van der Waals surface area contributed by atoms with Crippen LogP contribution in [-0.2, 0) is 6.42 Å². The molecular weight excluding hydrogens is 312 g/mol. The molecule has 0 unspecified atom stereocenters. The van der Waals surface area contributed by atoms with E-state index in [1.165, 1.54) is 5.56 Å². The first kappa shape index (κ1) is 14.4. The standard InChI is InChI=1S/C20H18N4O/c1-12-10-18-21-20(15-8-4-5-9-16(15)24(18)23-12)22-19-14-7-3-2-6-13(14)11-17(19)25/h2-10,17,19,25H,11H2,1H3,(H,21,22)/t17-,19+/m0/s1. The maximum atomic E-state index is 10.6. The number of para-hydroxylation sites is 1. The van der Waals surface area contributed by atoms with Crippen LogP contribution >= 0.6 is 0 Å². The van der Waals surface area contributed by atoms with Gasteiger partial charge in [0, 0.05) is 17.9 Å². The predicted molar refractivity (Wildman–Crippen MR) is 97.7 cm³/mol. The number of hydrogen-bond acceptors (Lipinski definition) is 4. The molecular formula is C20H18N4O. The lowest BCUT2D eigenvalue weighted by Crippen LogP contribution is -2.22. The van der Waals surface area contributed by atoms with Crippen molar-refractivity contribution < 1.29 is 5.11 Å². The van der Waals surface area contributed by atoms with Crippen molar-refractivity contribution in [3.63, 3.8) is 0 Å². The minimum absolute atomic E-state index is 0.154. The predicted octanol–water partition coefficient (Wildman–Crippen LogP) is 3.26. The Morgan fingerprint density at radius 2 is 1.92 bits per heavy atom. The third-order valence-corrected chi connectivity index (χ3v) is 4.92. The fourth-order valence-corrected chi connectivity index (χ4v) is 3.78. The van der Waals surface area contributed by atoms with E-state index < -0.39 is 6.10 Å². The number of aromatic nitrogens is 3. The van der Waals surface area contributed by atoms with Gasteiger partial charge in [0.05, 0.1) is 23.4 Å². The van der Waals surface area contributed by atoms with Gasteiger partial charge in [-0.25, -0.2) is 9.50 Å². The largest absolute Gasteiger partial charge is 0.390 e. The molecule has 0 fully saturated rings. The minimum atomic E-state index is -0.458. The number of benzene rings is 2. The summed E-state index contributed by atoms with van der Waals surface area (Å²) >= 11 is 0. The van der Waals surface area contributed by atoms with E-state index in [1.807, 2.05) is 53.9 Å². The number of fused-ring (bicyclic) bond motifs is 4. The van der Waals surface area contributed by atoms with Crippen LogP contribution in [0.2, 0.25) is 0 Å². The normalized spacial score (nSPS) is 19.4. The number of anilines is 1. The molecule has 2 atom stereocenters. The summed E-state index contributed by atoms with van der Waals surface area (Å²) < 4.78 is 1.87. The quantitative estimate of drug-likeness (QED) is 0.592. The monoisotopic (exact) mass is 330 g/mol. The van der Waals surface area contributed by atoms with Crippen molar-refractivity contribution in [3.05, 3.63) is 71.4 Å². The number of nitrogens with one attached hydrogen (secondary N) is 1. The molecule has 5 nitrogen and oxygen atoms in total. The summed E-state index contributed by atoms with van der Waals surface area (Å²) in [5, 5.41) is 19.6. The summed E-state index contributed by atoms with van der Waals surface area (Å²) in [6, 6.07) is 18.1. The third kappa shape index (κ3) is 2.20. The van der Waals surface area contributed by atoms with E-state index in [0.29, 0.717) is 6.42 Å². The first-order valence-electron chi connectivity index (χ1n) is 8.48. The topological polar surface area (TPSA) is 62.5 Å². The second kappa shape index (κ2) is 5.29. The number of hydrogen-bond donors (Lipinski definition) is 2. The average Bonchev–Trinajstić information content (AvgIpc) is 3.15. The van der Waals surface area contributed by atoms with Crippen LogP contribution in [0, 0.1) is 6.92 Å². The van der Waals surface area contributed by atoms with E-state index in [0.717, 1.165) is 33.6 Å². The van der Waals surface area contributed by atoms with Crippen molar-refractivity contribution in [3.8, 4) is 0 Å². The third-order valence-electron chi connectivity index (χ3n) is 4.92. The molecule has 1 aliphatic rings. The van der Waals surface area contributed by atoms with Crippen LogP contribution in [0.1, 0.15) is 22.9 Å². The molecule has 0 amide bonds. The molecule has 0 spiro atoms. The Morgan fingerprint density at radius 3 is 2.84 bits per heavy atom. The zero-order valence-electron chi connectivity index (χ0n) is 13.8. The Kier molecular flexibility index (Phi) is 3.05. The van der Waals surface area contributed by atoms with Crippen LogP contribution in [0.3, 0.4) is 0 Å². The second-order valence-electron chi connectivity index (χ2n) is 6.63. The molecule has 5 rings (SSSR count). The fraction of sp³-hybridized carbons (Fsp3) is 0.200. The highest BCUT2D eigenvalue weighted by Crippen LogP contribution is 2.35. The van der Waals surface area contributed by atoms with Crippen molar-refractivity contribution in [1.82, 2.24) is 14.6 Å². The van der Waals surface area contributed by atoms with Crippen molar-refractivity contribution >= 4 is 22.4 Å². The zero-order valence-corrected chi connectivity index (χ0v) is 13.8. The van der Waals surface area contributed by atoms with Gasteiger partial charge in [-0.05, 0) is 30.2 Å². The number of aliphatic hydroxyl groups is 1. The van der Waals surface area contributed by atoms with Crippen LogP contribution in [0.5, 0.6) is 0 Å². The number of aliphatic hydroxyl groups excluding tert-OH is 1. The molecule has 5 heteroatoms. The highest BCUT2D eigenvalue weighted by molar-refractivity contribution is 5.91. The maximum Gasteiger partial charge on any atom is 0.158 e. The molecule has 1 aliphatic carbocycles. The molecule has 2 N–H and O–H groups in total. The Labute approximate surface area is 144 Å². The van der Waals surface area contributed by atoms with Crippen molar-refractivity contribution in [1.29, 1.82) is 0 Å². The Morgan fingerprint density at radius 1 is 1.12 bits per heavy atom. The molecule has 2 aromatic heterocycles. The van der Waals surface area contributed by atoms with E-state index in [4.69, 9.17) is 4.98 Å². The van der Waals surface area contributed by atoms with Gasteiger partial charge in [-0.15, -0.1) is 0 Å². The Bertz CT molecular complexity index is 1100. The van der Waals surface area contributed by atoms with Crippen LogP contribution < -0.4 is 5.32 Å². The summed E-state index contributed by atoms with van der Waals surface area (Å²) in [4.78, 5) is 4.77. The number of aryl methyl sites for hydroxylation is 1. The highest BCUT2D eigenvalue weighted by Gasteiger charge is 2.31. The summed E-state index contributed by atoms with van der Waals surface area (Å²) in [6.45, 7) is 1.97. The van der Waals surface area contributed by atoms with Crippen LogP contribution in [0.15, 0.2) is 54.6 Å². The van der Waals surface area contributed by atoms with Gasteiger partial charge in [0.2, 0.25) is 0 Å². The molecule has 0 radical (unpaired) electrons. The summed E-state index contributed by atoms with van der Waals surface area (Å²) in [7, 11) is 0.